The molecule has 0 amide bonds. The number of carbonyl (C=O) groups excluding carboxylic acids is 1. The minimum absolute atomic E-state index is 0.158. The molecular weight excluding hydrogens is 266 g/mol. The highest BCUT2D eigenvalue weighted by atomic mass is 32.1. The van der Waals surface area contributed by atoms with Crippen LogP contribution in [0.5, 0.6) is 0 Å². The van der Waals surface area contributed by atoms with Gasteiger partial charge < -0.3 is 0 Å². The summed E-state index contributed by atoms with van der Waals surface area (Å²) in [7, 11) is 0. The SMILES string of the molecule is Cc1nc(CC(=O)Cc2cn3ccsc3n2)cs1. The molecule has 0 radical (unpaired) electrons. The Kier molecular flexibility index (Phi) is 2.97. The maximum Gasteiger partial charge on any atom is 0.193 e. The van der Waals surface area contributed by atoms with Crippen molar-refractivity contribution in [2.75, 3.05) is 0 Å². The molecule has 0 aliphatic carbocycles. The average Bonchev–Trinajstić information content (AvgIpc) is 2.94. The number of nitrogens with zero attached hydrogens (tertiary/aromatic N) is 3. The second-order valence-electron chi connectivity index (χ2n) is 4.08. The summed E-state index contributed by atoms with van der Waals surface area (Å²) < 4.78 is 1.94. The highest BCUT2D eigenvalue weighted by Crippen LogP contribution is 2.13. The van der Waals surface area contributed by atoms with E-state index in [1.165, 1.54) is 0 Å². The number of rotatable bonds is 4. The second kappa shape index (κ2) is 4.62. The number of Topliss-reactive ketones (excluding diaryl/α,β-unsaturated/α-hetero) is 1. The Bertz CT molecular complexity index is 666. The van der Waals surface area contributed by atoms with Gasteiger partial charge in [0.25, 0.3) is 0 Å². The Morgan fingerprint density at radius 1 is 1.28 bits per heavy atom. The Labute approximate surface area is 112 Å². The van der Waals surface area contributed by atoms with Crippen molar-refractivity contribution in [3.63, 3.8) is 0 Å². The fraction of sp³-hybridized carbons (Fsp3) is 0.250. The zero-order valence-electron chi connectivity index (χ0n) is 9.79. The highest BCUT2D eigenvalue weighted by molar-refractivity contribution is 7.15. The van der Waals surface area contributed by atoms with Crippen molar-refractivity contribution in [1.29, 1.82) is 0 Å². The molecule has 0 saturated heterocycles. The van der Waals surface area contributed by atoms with Crippen LogP contribution < -0.4 is 0 Å². The quantitative estimate of drug-likeness (QED) is 0.736. The smallest absolute Gasteiger partial charge is 0.193 e. The van der Waals surface area contributed by atoms with Crippen LogP contribution in [0.2, 0.25) is 0 Å². The number of aromatic nitrogens is 3. The second-order valence-corrected chi connectivity index (χ2v) is 6.01. The summed E-state index contributed by atoms with van der Waals surface area (Å²) in [4.78, 5) is 21.5. The van der Waals surface area contributed by atoms with E-state index in [-0.39, 0.29) is 5.78 Å². The fourth-order valence-corrected chi connectivity index (χ4v) is 3.15. The molecule has 0 N–H and O–H groups in total. The molecule has 18 heavy (non-hydrogen) atoms. The van der Waals surface area contributed by atoms with Gasteiger partial charge in [0.05, 0.1) is 22.8 Å². The number of hydrogen-bond donors (Lipinski definition) is 0. The molecule has 0 fully saturated rings. The van der Waals surface area contributed by atoms with Crippen LogP contribution in [-0.2, 0) is 17.6 Å². The van der Waals surface area contributed by atoms with Crippen LogP contribution in [0.25, 0.3) is 4.96 Å². The summed E-state index contributed by atoms with van der Waals surface area (Å²) in [6, 6.07) is 0. The van der Waals surface area contributed by atoms with Crippen molar-refractivity contribution in [1.82, 2.24) is 14.4 Å². The summed E-state index contributed by atoms with van der Waals surface area (Å²) >= 11 is 3.15. The topological polar surface area (TPSA) is 47.3 Å². The number of aryl methyl sites for hydroxylation is 1. The lowest BCUT2D eigenvalue weighted by Gasteiger charge is -1.95. The standard InChI is InChI=1S/C12H11N3OS2/c1-8-13-10(7-18-8)5-11(16)4-9-6-15-2-3-17-12(15)14-9/h2-3,6-7H,4-5H2,1H3. The third kappa shape index (κ3) is 2.34. The van der Waals surface area contributed by atoms with Crippen LogP contribution in [0.3, 0.4) is 0 Å². The van der Waals surface area contributed by atoms with Crippen molar-refractivity contribution in [2.24, 2.45) is 0 Å². The zero-order chi connectivity index (χ0) is 12.5. The molecule has 92 valence electrons. The van der Waals surface area contributed by atoms with Crippen LogP contribution in [-0.4, -0.2) is 20.2 Å². The lowest BCUT2D eigenvalue weighted by Crippen LogP contribution is -2.07. The van der Waals surface area contributed by atoms with Crippen LogP contribution in [0.1, 0.15) is 16.4 Å². The van der Waals surface area contributed by atoms with Gasteiger partial charge in [-0.15, -0.1) is 22.7 Å². The maximum atomic E-state index is 11.9. The van der Waals surface area contributed by atoms with Gasteiger partial charge in [-0.25, -0.2) is 9.97 Å². The predicted octanol–water partition coefficient (Wildman–Crippen LogP) is 2.52. The monoisotopic (exact) mass is 277 g/mol. The first-order chi connectivity index (χ1) is 8.70. The molecule has 0 aliphatic rings. The maximum absolute atomic E-state index is 11.9. The molecule has 0 spiro atoms. The summed E-state index contributed by atoms with van der Waals surface area (Å²) in [6.07, 6.45) is 4.64. The molecule has 0 aliphatic heterocycles. The van der Waals surface area contributed by atoms with Gasteiger partial charge in [0.15, 0.2) is 4.96 Å². The van der Waals surface area contributed by atoms with E-state index in [0.29, 0.717) is 12.8 Å². The Hall–Kier alpha value is -1.53. The number of fused-ring (bicyclic) bond motifs is 1. The van der Waals surface area contributed by atoms with Gasteiger partial charge in [-0.05, 0) is 6.92 Å². The minimum atomic E-state index is 0.158. The third-order valence-corrected chi connectivity index (χ3v) is 4.16. The number of hydrogen-bond acceptors (Lipinski definition) is 5. The number of ketones is 1. The molecule has 0 atom stereocenters. The summed E-state index contributed by atoms with van der Waals surface area (Å²) in [5, 5.41) is 4.92. The lowest BCUT2D eigenvalue weighted by atomic mass is 10.1. The van der Waals surface area contributed by atoms with Crippen molar-refractivity contribution in [3.05, 3.63) is 39.5 Å². The molecule has 3 aromatic rings. The molecule has 3 aromatic heterocycles. The van der Waals surface area contributed by atoms with E-state index in [1.807, 2.05) is 34.5 Å². The Morgan fingerprint density at radius 2 is 2.11 bits per heavy atom. The first kappa shape index (κ1) is 11.6. The highest BCUT2D eigenvalue weighted by Gasteiger charge is 2.10. The first-order valence-corrected chi connectivity index (χ1v) is 7.30. The number of carbonyl (C=O) groups is 1. The van der Waals surface area contributed by atoms with Crippen molar-refractivity contribution < 1.29 is 4.79 Å². The average molecular weight is 277 g/mol. The van der Waals surface area contributed by atoms with E-state index in [0.717, 1.165) is 21.4 Å². The van der Waals surface area contributed by atoms with Crippen molar-refractivity contribution >= 4 is 33.4 Å². The van der Waals surface area contributed by atoms with E-state index >= 15 is 0 Å². The van der Waals surface area contributed by atoms with Gasteiger partial charge in [0.1, 0.15) is 5.78 Å². The van der Waals surface area contributed by atoms with Crippen LogP contribution in [0, 0.1) is 6.92 Å². The molecule has 3 rings (SSSR count). The van der Waals surface area contributed by atoms with Crippen LogP contribution in [0.15, 0.2) is 23.2 Å². The van der Waals surface area contributed by atoms with Gasteiger partial charge in [0, 0.05) is 29.6 Å². The van der Waals surface area contributed by atoms with E-state index in [9.17, 15) is 4.79 Å². The summed E-state index contributed by atoms with van der Waals surface area (Å²) in [5.74, 6) is 0.158. The van der Waals surface area contributed by atoms with Crippen molar-refractivity contribution in [3.8, 4) is 0 Å². The predicted molar refractivity (Wildman–Crippen MR) is 72.3 cm³/mol. The van der Waals surface area contributed by atoms with Crippen LogP contribution >= 0.6 is 22.7 Å². The molecule has 0 bridgehead atoms. The summed E-state index contributed by atoms with van der Waals surface area (Å²) in [5.41, 5.74) is 1.70. The van der Waals surface area contributed by atoms with Gasteiger partial charge >= 0.3 is 0 Å². The molecule has 3 heterocycles. The molecule has 0 unspecified atom stereocenters. The minimum Gasteiger partial charge on any atom is -0.299 e. The molecule has 6 heteroatoms. The molecular formula is C12H11N3OS2. The first-order valence-electron chi connectivity index (χ1n) is 5.54. The van der Waals surface area contributed by atoms with Gasteiger partial charge in [-0.2, -0.15) is 0 Å². The van der Waals surface area contributed by atoms with E-state index < -0.39 is 0 Å². The number of imidazole rings is 1. The van der Waals surface area contributed by atoms with Gasteiger partial charge in [-0.3, -0.25) is 9.20 Å². The van der Waals surface area contributed by atoms with Crippen LogP contribution in [0.4, 0.5) is 0 Å². The number of thiazole rings is 2. The van der Waals surface area contributed by atoms with E-state index in [1.54, 1.807) is 22.7 Å². The lowest BCUT2D eigenvalue weighted by molar-refractivity contribution is -0.117. The largest absolute Gasteiger partial charge is 0.299 e. The normalized spacial score (nSPS) is 11.2. The van der Waals surface area contributed by atoms with Gasteiger partial charge in [0.2, 0.25) is 0 Å². The van der Waals surface area contributed by atoms with E-state index in [2.05, 4.69) is 9.97 Å². The zero-order valence-corrected chi connectivity index (χ0v) is 11.4. The fourth-order valence-electron chi connectivity index (χ4n) is 1.82. The summed E-state index contributed by atoms with van der Waals surface area (Å²) in [6.45, 7) is 1.95. The van der Waals surface area contributed by atoms with E-state index in [4.69, 9.17) is 0 Å². The van der Waals surface area contributed by atoms with Crippen molar-refractivity contribution in [2.45, 2.75) is 19.8 Å². The third-order valence-electron chi connectivity index (χ3n) is 2.57. The molecule has 0 saturated carbocycles. The Morgan fingerprint density at radius 3 is 2.83 bits per heavy atom. The molecule has 0 aromatic carbocycles. The molecule has 4 nitrogen and oxygen atoms in total. The Balaban J connectivity index is 1.69. The van der Waals surface area contributed by atoms with Gasteiger partial charge in [-0.1, -0.05) is 0 Å².